The number of halogens is 1. The van der Waals surface area contributed by atoms with Crippen LogP contribution in [-0.4, -0.2) is 22.0 Å². The van der Waals surface area contributed by atoms with Crippen molar-refractivity contribution in [2.45, 2.75) is 6.61 Å². The van der Waals surface area contributed by atoms with E-state index in [0.717, 1.165) is 5.56 Å². The van der Waals surface area contributed by atoms with E-state index in [1.165, 1.54) is 24.4 Å². The van der Waals surface area contributed by atoms with Crippen LogP contribution in [-0.2, 0) is 20.9 Å². The number of carboxylic acids is 1. The van der Waals surface area contributed by atoms with Crippen molar-refractivity contribution in [2.24, 2.45) is 0 Å². The second-order valence-corrected chi connectivity index (χ2v) is 5.93. The van der Waals surface area contributed by atoms with Gasteiger partial charge in [-0.05, 0) is 23.8 Å². The highest BCUT2D eigenvalue weighted by Crippen LogP contribution is 2.30. The number of aromatic amines is 1. The summed E-state index contributed by atoms with van der Waals surface area (Å²) in [7, 11) is 0. The number of hydrogen-bond donors (Lipinski definition) is 3. The molecule has 0 aliphatic rings. The molecule has 0 bridgehead atoms. The Morgan fingerprint density at radius 1 is 1.15 bits per heavy atom. The molecule has 26 heavy (non-hydrogen) atoms. The molecule has 0 atom stereocenters. The lowest BCUT2D eigenvalue weighted by atomic mass is 10.0. The van der Waals surface area contributed by atoms with Gasteiger partial charge in [-0.3, -0.25) is 0 Å². The number of ether oxygens (including phenoxy) is 1. The monoisotopic (exact) mass is 371 g/mol. The zero-order chi connectivity index (χ0) is 18.7. The number of carboxylic acid groups (broad SMARTS) is 1. The van der Waals surface area contributed by atoms with Crippen LogP contribution in [0.3, 0.4) is 0 Å². The van der Waals surface area contributed by atoms with E-state index in [9.17, 15) is 19.1 Å². The van der Waals surface area contributed by atoms with Crippen LogP contribution >= 0.6 is 12.6 Å². The van der Waals surface area contributed by atoms with Crippen molar-refractivity contribution in [3.05, 3.63) is 76.6 Å². The van der Waals surface area contributed by atoms with Gasteiger partial charge in [-0.1, -0.05) is 30.3 Å². The van der Waals surface area contributed by atoms with E-state index in [-0.39, 0.29) is 17.7 Å². The fourth-order valence-corrected chi connectivity index (χ4v) is 2.75. The predicted octanol–water partition coefficient (Wildman–Crippen LogP) is 3.78. The van der Waals surface area contributed by atoms with Crippen molar-refractivity contribution in [3.63, 3.8) is 0 Å². The van der Waals surface area contributed by atoms with Gasteiger partial charge in [0.05, 0.1) is 5.57 Å². The molecule has 0 aliphatic heterocycles. The number of fused-ring (bicyclic) bond motifs is 1. The number of carbonyl (C=O) groups is 2. The number of carbonyl (C=O) groups excluding carboxylic acids is 1. The summed E-state index contributed by atoms with van der Waals surface area (Å²) >= 11 is 3.95. The minimum absolute atomic E-state index is 0.0272. The highest BCUT2D eigenvalue weighted by molar-refractivity contribution is 7.86. The molecule has 3 aromatic rings. The van der Waals surface area contributed by atoms with Gasteiger partial charge in [-0.25, -0.2) is 14.0 Å². The molecule has 2 aromatic carbocycles. The van der Waals surface area contributed by atoms with Gasteiger partial charge in [0.15, 0.2) is 0 Å². The van der Waals surface area contributed by atoms with Crippen LogP contribution in [0.15, 0.2) is 59.6 Å². The number of nitrogens with one attached hydrogen (secondary N) is 1. The number of aliphatic carboxylic acids is 1. The molecule has 132 valence electrons. The fraction of sp³-hybridized carbons (Fsp3) is 0.0526. The summed E-state index contributed by atoms with van der Waals surface area (Å²) in [6.45, 7) is -0.0272. The number of aromatic nitrogens is 1. The first-order chi connectivity index (χ1) is 12.5. The summed E-state index contributed by atoms with van der Waals surface area (Å²) in [6.07, 6.45) is 1.43. The van der Waals surface area contributed by atoms with Crippen LogP contribution in [0.5, 0.6) is 0 Å². The summed E-state index contributed by atoms with van der Waals surface area (Å²) in [5.41, 5.74) is 1.28. The molecule has 1 heterocycles. The zero-order valence-electron chi connectivity index (χ0n) is 13.4. The number of hydrogen-bond acceptors (Lipinski definition) is 4. The smallest absolute Gasteiger partial charge is 0.342 e. The Kier molecular flexibility index (Phi) is 5.09. The van der Waals surface area contributed by atoms with E-state index in [0.29, 0.717) is 10.9 Å². The van der Waals surface area contributed by atoms with Crippen LogP contribution in [0.25, 0.3) is 16.5 Å². The SMILES string of the molecule is O=C(O)/C(S)=C(\C(=O)OCc1ccccc1)c1c[nH]c2ccc(F)cc12. The first kappa shape index (κ1) is 17.8. The summed E-state index contributed by atoms with van der Waals surface area (Å²) in [4.78, 5) is 26.4. The minimum Gasteiger partial charge on any atom is -0.477 e. The van der Waals surface area contributed by atoms with E-state index >= 15 is 0 Å². The van der Waals surface area contributed by atoms with Crippen molar-refractivity contribution < 1.29 is 23.8 Å². The fourth-order valence-electron chi connectivity index (χ4n) is 2.54. The Bertz CT molecular complexity index is 1010. The van der Waals surface area contributed by atoms with Gasteiger partial charge >= 0.3 is 11.9 Å². The lowest BCUT2D eigenvalue weighted by molar-refractivity contribution is -0.138. The van der Waals surface area contributed by atoms with E-state index in [1.807, 2.05) is 6.07 Å². The number of thiol groups is 1. The molecule has 0 radical (unpaired) electrons. The van der Waals surface area contributed by atoms with Gasteiger partial charge in [0.1, 0.15) is 17.3 Å². The third kappa shape index (κ3) is 3.62. The zero-order valence-corrected chi connectivity index (χ0v) is 14.3. The number of H-pyrrole nitrogens is 1. The molecule has 0 saturated heterocycles. The first-order valence-corrected chi connectivity index (χ1v) is 8.06. The first-order valence-electron chi connectivity index (χ1n) is 7.62. The molecular formula is C19H14FNO4S. The number of rotatable bonds is 5. The van der Waals surface area contributed by atoms with Gasteiger partial charge in [0.2, 0.25) is 0 Å². The quantitative estimate of drug-likeness (QED) is 0.362. The van der Waals surface area contributed by atoms with Gasteiger partial charge in [0, 0.05) is 22.7 Å². The maximum absolute atomic E-state index is 13.6. The van der Waals surface area contributed by atoms with Crippen LogP contribution in [0, 0.1) is 5.82 Å². The highest BCUT2D eigenvalue weighted by Gasteiger charge is 2.24. The largest absolute Gasteiger partial charge is 0.477 e. The van der Waals surface area contributed by atoms with Gasteiger partial charge in [0.25, 0.3) is 0 Å². The Morgan fingerprint density at radius 2 is 1.88 bits per heavy atom. The lowest BCUT2D eigenvalue weighted by Crippen LogP contribution is -2.11. The number of esters is 1. The molecule has 0 unspecified atom stereocenters. The van der Waals surface area contributed by atoms with Crippen LogP contribution in [0.2, 0.25) is 0 Å². The second-order valence-electron chi connectivity index (χ2n) is 5.48. The summed E-state index contributed by atoms with van der Waals surface area (Å²) in [6, 6.07) is 12.9. The Labute approximate surface area is 153 Å². The van der Waals surface area contributed by atoms with Gasteiger partial charge in [-0.2, -0.15) is 0 Å². The normalized spacial score (nSPS) is 11.9. The van der Waals surface area contributed by atoms with Crippen molar-refractivity contribution in [1.29, 1.82) is 0 Å². The summed E-state index contributed by atoms with van der Waals surface area (Å²) in [5, 5.41) is 9.65. The summed E-state index contributed by atoms with van der Waals surface area (Å²) in [5.74, 6) is -2.75. The average Bonchev–Trinajstić information content (AvgIpc) is 3.03. The molecule has 0 saturated carbocycles. The van der Waals surface area contributed by atoms with Crippen molar-refractivity contribution in [2.75, 3.05) is 0 Å². The van der Waals surface area contributed by atoms with Crippen LogP contribution in [0.1, 0.15) is 11.1 Å². The number of benzene rings is 2. The molecular weight excluding hydrogens is 357 g/mol. The van der Waals surface area contributed by atoms with E-state index < -0.39 is 22.7 Å². The van der Waals surface area contributed by atoms with Crippen LogP contribution in [0.4, 0.5) is 4.39 Å². The Morgan fingerprint density at radius 3 is 2.58 bits per heavy atom. The maximum Gasteiger partial charge on any atom is 0.342 e. The molecule has 7 heteroatoms. The molecule has 2 N–H and O–H groups in total. The standard InChI is InChI=1S/C19H14FNO4S/c20-12-6-7-15-13(8-12)14(9-21-15)16(17(26)18(22)23)19(24)25-10-11-4-2-1-3-5-11/h1-9,21,26H,10H2,(H,22,23)/b17-16+. The van der Waals surface area contributed by atoms with E-state index in [4.69, 9.17) is 4.74 Å². The predicted molar refractivity (Wildman–Crippen MR) is 98.0 cm³/mol. The second kappa shape index (κ2) is 7.45. The topological polar surface area (TPSA) is 79.4 Å². The third-order valence-corrected chi connectivity index (χ3v) is 4.18. The third-order valence-electron chi connectivity index (χ3n) is 3.77. The van der Waals surface area contributed by atoms with E-state index in [2.05, 4.69) is 17.6 Å². The maximum atomic E-state index is 13.6. The van der Waals surface area contributed by atoms with Gasteiger partial charge < -0.3 is 14.8 Å². The average molecular weight is 371 g/mol. The molecule has 3 rings (SSSR count). The minimum atomic E-state index is -1.38. The van der Waals surface area contributed by atoms with Crippen molar-refractivity contribution in [1.82, 2.24) is 4.98 Å². The van der Waals surface area contributed by atoms with Gasteiger partial charge in [-0.15, -0.1) is 12.6 Å². The molecule has 0 fully saturated rings. The highest BCUT2D eigenvalue weighted by atomic mass is 32.1. The molecule has 0 amide bonds. The molecule has 5 nitrogen and oxygen atoms in total. The molecule has 0 spiro atoms. The molecule has 0 aliphatic carbocycles. The van der Waals surface area contributed by atoms with E-state index in [1.54, 1.807) is 24.3 Å². The lowest BCUT2D eigenvalue weighted by Gasteiger charge is -2.10. The molecule has 1 aromatic heterocycles. The van der Waals surface area contributed by atoms with Crippen LogP contribution < -0.4 is 0 Å². The van der Waals surface area contributed by atoms with Crippen molar-refractivity contribution >= 4 is 41.0 Å². The Balaban J connectivity index is 2.00. The van der Waals surface area contributed by atoms with Crippen molar-refractivity contribution in [3.8, 4) is 0 Å². The Hall–Kier alpha value is -3.06. The summed E-state index contributed by atoms with van der Waals surface area (Å²) < 4.78 is 18.9.